The van der Waals surface area contributed by atoms with Crippen LogP contribution in [0.2, 0.25) is 0 Å². The molecule has 130 valence electrons. The van der Waals surface area contributed by atoms with Gasteiger partial charge in [0.25, 0.3) is 0 Å². The number of anilines is 2. The molecule has 2 aliphatic rings. The molecule has 5 nitrogen and oxygen atoms in total. The number of nitrogens with zero attached hydrogens (tertiary/aromatic N) is 3. The summed E-state index contributed by atoms with van der Waals surface area (Å²) >= 11 is 0. The normalized spacial score (nSPS) is 17.8. The van der Waals surface area contributed by atoms with Crippen LogP contribution in [0.5, 0.6) is 0 Å². The minimum Gasteiger partial charge on any atom is -0.355 e. The van der Waals surface area contributed by atoms with Gasteiger partial charge in [-0.3, -0.25) is 4.79 Å². The van der Waals surface area contributed by atoms with Crippen molar-refractivity contribution in [2.75, 3.05) is 23.3 Å². The lowest BCUT2D eigenvalue weighted by Gasteiger charge is -2.32. The second-order valence-electron chi connectivity index (χ2n) is 6.98. The average molecular weight is 336 g/mol. The van der Waals surface area contributed by atoms with Crippen molar-refractivity contribution in [3.05, 3.63) is 47.7 Å². The number of benzene rings is 1. The standard InChI is InChI=1S/C20H24N4O/c25-20(22-18-8-3-6-15-5-1-2-7-17(15)18)16-10-13-24(14-11-16)19-9-4-12-21-23-19/h3-4,6,8-9,12,16H,1-2,5,7,10-11,13-14H2,(H,22,25). The third kappa shape index (κ3) is 3.50. The number of carbonyl (C=O) groups excluding carboxylic acids is 1. The van der Waals surface area contributed by atoms with E-state index in [1.807, 2.05) is 12.1 Å². The summed E-state index contributed by atoms with van der Waals surface area (Å²) in [6.45, 7) is 1.70. The Morgan fingerprint density at radius 1 is 1.08 bits per heavy atom. The SMILES string of the molecule is O=C(Nc1cccc2c1CCCC2)C1CCN(c2cccnn2)CC1. The van der Waals surface area contributed by atoms with Gasteiger partial charge >= 0.3 is 0 Å². The van der Waals surface area contributed by atoms with Crippen molar-refractivity contribution in [2.45, 2.75) is 38.5 Å². The Bertz CT molecular complexity index is 739. The van der Waals surface area contributed by atoms with E-state index in [9.17, 15) is 4.79 Å². The third-order valence-corrected chi connectivity index (χ3v) is 5.40. The van der Waals surface area contributed by atoms with Crippen LogP contribution in [0.25, 0.3) is 0 Å². The lowest BCUT2D eigenvalue weighted by atomic mass is 9.90. The number of amides is 1. The van der Waals surface area contributed by atoms with E-state index in [1.54, 1.807) is 6.20 Å². The minimum absolute atomic E-state index is 0.0763. The topological polar surface area (TPSA) is 58.1 Å². The van der Waals surface area contributed by atoms with E-state index < -0.39 is 0 Å². The number of fused-ring (bicyclic) bond motifs is 1. The first-order chi connectivity index (χ1) is 12.3. The fourth-order valence-corrected chi connectivity index (χ4v) is 3.97. The highest BCUT2D eigenvalue weighted by Crippen LogP contribution is 2.29. The quantitative estimate of drug-likeness (QED) is 0.935. The highest BCUT2D eigenvalue weighted by atomic mass is 16.1. The fraction of sp³-hybridized carbons (Fsp3) is 0.450. The van der Waals surface area contributed by atoms with E-state index in [0.29, 0.717) is 0 Å². The maximum atomic E-state index is 12.7. The molecule has 0 saturated carbocycles. The van der Waals surface area contributed by atoms with Gasteiger partial charge in [-0.1, -0.05) is 12.1 Å². The van der Waals surface area contributed by atoms with Crippen molar-refractivity contribution in [1.82, 2.24) is 10.2 Å². The van der Waals surface area contributed by atoms with Crippen LogP contribution in [-0.2, 0) is 17.6 Å². The number of carbonyl (C=O) groups is 1. The largest absolute Gasteiger partial charge is 0.355 e. The van der Waals surface area contributed by atoms with Crippen LogP contribution < -0.4 is 10.2 Å². The summed E-state index contributed by atoms with van der Waals surface area (Å²) in [7, 11) is 0. The fourth-order valence-electron chi connectivity index (χ4n) is 3.97. The summed E-state index contributed by atoms with van der Waals surface area (Å²) < 4.78 is 0. The Hall–Kier alpha value is -2.43. The van der Waals surface area contributed by atoms with Crippen molar-refractivity contribution < 1.29 is 4.79 Å². The number of aryl methyl sites for hydroxylation is 1. The van der Waals surface area contributed by atoms with Crippen LogP contribution in [0.4, 0.5) is 11.5 Å². The molecule has 2 aromatic rings. The van der Waals surface area contributed by atoms with Crippen LogP contribution >= 0.6 is 0 Å². The summed E-state index contributed by atoms with van der Waals surface area (Å²) in [5.74, 6) is 1.14. The van der Waals surface area contributed by atoms with E-state index in [-0.39, 0.29) is 11.8 Å². The van der Waals surface area contributed by atoms with Gasteiger partial charge in [0.1, 0.15) is 0 Å². The molecule has 1 saturated heterocycles. The van der Waals surface area contributed by atoms with E-state index >= 15 is 0 Å². The number of hydrogen-bond acceptors (Lipinski definition) is 4. The molecular weight excluding hydrogens is 312 g/mol. The summed E-state index contributed by atoms with van der Waals surface area (Å²) in [5.41, 5.74) is 3.78. The number of piperidine rings is 1. The summed E-state index contributed by atoms with van der Waals surface area (Å²) in [5, 5.41) is 11.3. The molecule has 2 heterocycles. The molecule has 0 unspecified atom stereocenters. The predicted molar refractivity (Wildman–Crippen MR) is 98.7 cm³/mol. The minimum atomic E-state index is 0.0763. The van der Waals surface area contributed by atoms with E-state index in [1.165, 1.54) is 24.0 Å². The molecule has 25 heavy (non-hydrogen) atoms. The lowest BCUT2D eigenvalue weighted by molar-refractivity contribution is -0.120. The van der Waals surface area contributed by atoms with Crippen molar-refractivity contribution >= 4 is 17.4 Å². The maximum Gasteiger partial charge on any atom is 0.227 e. The first-order valence-corrected chi connectivity index (χ1v) is 9.25. The van der Waals surface area contributed by atoms with Crippen molar-refractivity contribution in [3.63, 3.8) is 0 Å². The van der Waals surface area contributed by atoms with Crippen molar-refractivity contribution in [3.8, 4) is 0 Å². The molecule has 1 fully saturated rings. The van der Waals surface area contributed by atoms with Gasteiger partial charge in [-0.25, -0.2) is 0 Å². The molecule has 1 amide bonds. The highest BCUT2D eigenvalue weighted by molar-refractivity contribution is 5.93. The summed E-state index contributed by atoms with van der Waals surface area (Å²) in [4.78, 5) is 14.9. The Morgan fingerprint density at radius 2 is 1.92 bits per heavy atom. The second kappa shape index (κ2) is 7.21. The lowest BCUT2D eigenvalue weighted by Crippen LogP contribution is -2.38. The molecule has 5 heteroatoms. The van der Waals surface area contributed by atoms with Crippen LogP contribution in [0.3, 0.4) is 0 Å². The summed E-state index contributed by atoms with van der Waals surface area (Å²) in [6.07, 6.45) is 8.09. The zero-order chi connectivity index (χ0) is 17.1. The number of hydrogen-bond donors (Lipinski definition) is 1. The van der Waals surface area contributed by atoms with Crippen LogP contribution in [0.1, 0.15) is 36.8 Å². The Kier molecular flexibility index (Phi) is 4.63. The number of rotatable bonds is 3. The smallest absolute Gasteiger partial charge is 0.227 e. The highest BCUT2D eigenvalue weighted by Gasteiger charge is 2.26. The van der Waals surface area contributed by atoms with E-state index in [0.717, 1.165) is 50.3 Å². The first-order valence-electron chi connectivity index (χ1n) is 9.25. The van der Waals surface area contributed by atoms with Gasteiger partial charge < -0.3 is 10.2 Å². The van der Waals surface area contributed by atoms with Gasteiger partial charge in [-0.2, -0.15) is 5.10 Å². The molecule has 0 atom stereocenters. The van der Waals surface area contributed by atoms with Crippen molar-refractivity contribution in [1.29, 1.82) is 0 Å². The van der Waals surface area contributed by atoms with Crippen molar-refractivity contribution in [2.24, 2.45) is 5.92 Å². The molecule has 1 aromatic heterocycles. The molecule has 0 spiro atoms. The first kappa shape index (κ1) is 16.1. The Morgan fingerprint density at radius 3 is 2.72 bits per heavy atom. The molecule has 1 aromatic carbocycles. The Labute approximate surface area is 148 Å². The van der Waals surface area contributed by atoms with Gasteiger partial charge in [-0.15, -0.1) is 5.10 Å². The van der Waals surface area contributed by atoms with Gasteiger partial charge in [0.2, 0.25) is 5.91 Å². The second-order valence-corrected chi connectivity index (χ2v) is 6.98. The molecule has 0 radical (unpaired) electrons. The third-order valence-electron chi connectivity index (χ3n) is 5.40. The zero-order valence-electron chi connectivity index (χ0n) is 14.4. The van der Waals surface area contributed by atoms with Crippen LogP contribution in [-0.4, -0.2) is 29.2 Å². The Balaban J connectivity index is 1.38. The molecule has 1 aliphatic heterocycles. The molecule has 1 aliphatic carbocycles. The van der Waals surface area contributed by atoms with Crippen LogP contribution in [0, 0.1) is 5.92 Å². The summed E-state index contributed by atoms with van der Waals surface area (Å²) in [6, 6.07) is 10.2. The van der Waals surface area contributed by atoms with E-state index in [2.05, 4.69) is 38.6 Å². The number of aromatic nitrogens is 2. The molecule has 4 rings (SSSR count). The molecule has 1 N–H and O–H groups in total. The van der Waals surface area contributed by atoms with Gasteiger partial charge in [-0.05, 0) is 67.9 Å². The van der Waals surface area contributed by atoms with Gasteiger partial charge in [0.05, 0.1) is 0 Å². The van der Waals surface area contributed by atoms with Crippen LogP contribution in [0.15, 0.2) is 36.5 Å². The predicted octanol–water partition coefficient (Wildman–Crippen LogP) is 3.21. The molecular formula is C20H24N4O. The molecule has 0 bridgehead atoms. The zero-order valence-corrected chi connectivity index (χ0v) is 14.4. The average Bonchev–Trinajstić information content (AvgIpc) is 2.69. The maximum absolute atomic E-state index is 12.7. The van der Waals surface area contributed by atoms with E-state index in [4.69, 9.17) is 0 Å². The van der Waals surface area contributed by atoms with Gasteiger partial charge in [0.15, 0.2) is 5.82 Å². The number of nitrogens with one attached hydrogen (secondary N) is 1. The monoisotopic (exact) mass is 336 g/mol. The van der Waals surface area contributed by atoms with Gasteiger partial charge in [0, 0.05) is 30.9 Å².